The molecule has 6 heteroatoms. The molecule has 1 aromatic carbocycles. The maximum Gasteiger partial charge on any atom is 0.243 e. The molecule has 3 fully saturated rings. The minimum atomic E-state index is -0.330. The molecule has 0 aromatic heterocycles. The Hall–Kier alpha value is -2.37. The fourth-order valence-electron chi connectivity index (χ4n) is 4.35. The Labute approximate surface area is 166 Å². The van der Waals surface area contributed by atoms with Gasteiger partial charge < -0.3 is 15.1 Å². The van der Waals surface area contributed by atoms with Gasteiger partial charge in [-0.15, -0.1) is 0 Å². The number of hydrogen-bond donors (Lipinski definition) is 1. The maximum absolute atomic E-state index is 13.2. The van der Waals surface area contributed by atoms with E-state index in [-0.39, 0.29) is 29.7 Å². The van der Waals surface area contributed by atoms with Crippen LogP contribution in [0.1, 0.15) is 44.1 Å². The number of benzene rings is 1. The molecule has 2 aliphatic heterocycles. The summed E-state index contributed by atoms with van der Waals surface area (Å²) >= 11 is 0. The zero-order valence-electron chi connectivity index (χ0n) is 16.3. The molecule has 0 spiro atoms. The summed E-state index contributed by atoms with van der Waals surface area (Å²) in [4.78, 5) is 41.9. The second kappa shape index (κ2) is 8.33. The van der Waals surface area contributed by atoms with E-state index in [1.807, 2.05) is 35.2 Å². The number of carbonyl (C=O) groups is 3. The summed E-state index contributed by atoms with van der Waals surface area (Å²) in [6.07, 6.45) is 5.72. The third-order valence-corrected chi connectivity index (χ3v) is 6.08. The standard InChI is InChI=1S/C22H29N3O3/c26-20(14-16-6-2-1-3-7-16)24-12-4-8-17(15-24)22(28)25-13-5-9-19(25)21(27)23-18-10-11-18/h1-3,6-7,17-19H,4-5,8-15H2,(H,23,27). The Kier molecular flexibility index (Phi) is 5.64. The molecule has 1 aromatic rings. The van der Waals surface area contributed by atoms with Crippen molar-refractivity contribution in [3.63, 3.8) is 0 Å². The zero-order valence-corrected chi connectivity index (χ0v) is 16.3. The monoisotopic (exact) mass is 383 g/mol. The Bertz CT molecular complexity index is 732. The molecule has 2 unspecified atom stereocenters. The average Bonchev–Trinajstić information content (AvgIpc) is 3.39. The minimum Gasteiger partial charge on any atom is -0.352 e. The molecule has 0 radical (unpaired) electrons. The molecule has 28 heavy (non-hydrogen) atoms. The molecule has 2 heterocycles. The molecule has 1 saturated carbocycles. The van der Waals surface area contributed by atoms with Crippen LogP contribution in [0.5, 0.6) is 0 Å². The molecule has 2 atom stereocenters. The number of nitrogens with one attached hydrogen (secondary N) is 1. The number of piperidine rings is 1. The molecule has 3 amide bonds. The highest BCUT2D eigenvalue weighted by atomic mass is 16.2. The Balaban J connectivity index is 1.36. The SMILES string of the molecule is O=C(NC1CC1)C1CCCN1C(=O)C1CCCN(C(=O)Cc2ccccc2)C1. The molecule has 150 valence electrons. The van der Waals surface area contributed by atoms with Gasteiger partial charge in [0.25, 0.3) is 0 Å². The van der Waals surface area contributed by atoms with E-state index in [0.717, 1.165) is 44.1 Å². The second-order valence-corrected chi connectivity index (χ2v) is 8.31. The van der Waals surface area contributed by atoms with Crippen LogP contribution in [0.25, 0.3) is 0 Å². The largest absolute Gasteiger partial charge is 0.352 e. The van der Waals surface area contributed by atoms with Crippen molar-refractivity contribution in [1.29, 1.82) is 0 Å². The van der Waals surface area contributed by atoms with Crippen LogP contribution in [0.2, 0.25) is 0 Å². The van der Waals surface area contributed by atoms with E-state index in [9.17, 15) is 14.4 Å². The highest BCUT2D eigenvalue weighted by Crippen LogP contribution is 2.26. The summed E-state index contributed by atoms with van der Waals surface area (Å²) in [7, 11) is 0. The minimum absolute atomic E-state index is 0.00108. The topological polar surface area (TPSA) is 69.7 Å². The molecular weight excluding hydrogens is 354 g/mol. The fourth-order valence-corrected chi connectivity index (χ4v) is 4.35. The summed E-state index contributed by atoms with van der Waals surface area (Å²) in [6.45, 7) is 1.83. The zero-order chi connectivity index (χ0) is 19.5. The Morgan fingerprint density at radius 3 is 2.46 bits per heavy atom. The molecule has 3 aliphatic rings. The van der Waals surface area contributed by atoms with E-state index in [1.54, 1.807) is 4.90 Å². The predicted molar refractivity (Wildman–Crippen MR) is 105 cm³/mol. The first-order valence-corrected chi connectivity index (χ1v) is 10.5. The number of nitrogens with zero attached hydrogens (tertiary/aromatic N) is 2. The lowest BCUT2D eigenvalue weighted by atomic mass is 9.95. The Morgan fingerprint density at radius 1 is 0.964 bits per heavy atom. The van der Waals surface area contributed by atoms with Gasteiger partial charge in [-0.2, -0.15) is 0 Å². The smallest absolute Gasteiger partial charge is 0.243 e. The highest BCUT2D eigenvalue weighted by molar-refractivity contribution is 5.90. The van der Waals surface area contributed by atoms with Crippen molar-refractivity contribution in [3.8, 4) is 0 Å². The molecule has 1 N–H and O–H groups in total. The van der Waals surface area contributed by atoms with Crippen molar-refractivity contribution in [2.75, 3.05) is 19.6 Å². The van der Waals surface area contributed by atoms with Crippen LogP contribution in [-0.2, 0) is 20.8 Å². The van der Waals surface area contributed by atoms with Gasteiger partial charge in [0.15, 0.2) is 0 Å². The number of likely N-dealkylation sites (tertiary alicyclic amines) is 2. The number of rotatable bonds is 5. The van der Waals surface area contributed by atoms with Gasteiger partial charge in [-0.3, -0.25) is 14.4 Å². The van der Waals surface area contributed by atoms with Crippen LogP contribution >= 0.6 is 0 Å². The normalized spacial score (nSPS) is 24.9. The van der Waals surface area contributed by atoms with Crippen LogP contribution in [-0.4, -0.2) is 59.2 Å². The van der Waals surface area contributed by atoms with Gasteiger partial charge >= 0.3 is 0 Å². The molecular formula is C22H29N3O3. The van der Waals surface area contributed by atoms with E-state index >= 15 is 0 Å². The van der Waals surface area contributed by atoms with Gasteiger partial charge in [-0.05, 0) is 44.1 Å². The number of carbonyl (C=O) groups excluding carboxylic acids is 3. The fraction of sp³-hybridized carbons (Fsp3) is 0.591. The quantitative estimate of drug-likeness (QED) is 0.842. The Morgan fingerprint density at radius 2 is 1.71 bits per heavy atom. The molecule has 2 saturated heterocycles. The molecule has 0 bridgehead atoms. The lowest BCUT2D eigenvalue weighted by Gasteiger charge is -2.35. The first-order valence-electron chi connectivity index (χ1n) is 10.5. The van der Waals surface area contributed by atoms with E-state index in [4.69, 9.17) is 0 Å². The van der Waals surface area contributed by atoms with E-state index in [2.05, 4.69) is 5.32 Å². The van der Waals surface area contributed by atoms with Gasteiger partial charge in [0.2, 0.25) is 17.7 Å². The van der Waals surface area contributed by atoms with Crippen LogP contribution in [0.15, 0.2) is 30.3 Å². The van der Waals surface area contributed by atoms with Crippen molar-refractivity contribution in [2.45, 2.75) is 57.0 Å². The van der Waals surface area contributed by atoms with Crippen LogP contribution < -0.4 is 5.32 Å². The average molecular weight is 383 g/mol. The first kappa shape index (κ1) is 19.0. The van der Waals surface area contributed by atoms with Gasteiger partial charge in [-0.25, -0.2) is 0 Å². The van der Waals surface area contributed by atoms with E-state index in [0.29, 0.717) is 32.1 Å². The lowest BCUT2D eigenvalue weighted by molar-refractivity contribution is -0.145. The molecule has 1 aliphatic carbocycles. The second-order valence-electron chi connectivity index (χ2n) is 8.31. The van der Waals surface area contributed by atoms with Gasteiger partial charge in [0, 0.05) is 25.7 Å². The van der Waals surface area contributed by atoms with Gasteiger partial charge in [0.05, 0.1) is 12.3 Å². The van der Waals surface area contributed by atoms with Crippen molar-refractivity contribution in [3.05, 3.63) is 35.9 Å². The van der Waals surface area contributed by atoms with Crippen LogP contribution in [0, 0.1) is 5.92 Å². The van der Waals surface area contributed by atoms with Crippen molar-refractivity contribution in [1.82, 2.24) is 15.1 Å². The molecule has 6 nitrogen and oxygen atoms in total. The third kappa shape index (κ3) is 4.37. The summed E-state index contributed by atoms with van der Waals surface area (Å²) in [5.41, 5.74) is 0.998. The maximum atomic E-state index is 13.2. The van der Waals surface area contributed by atoms with E-state index in [1.165, 1.54) is 0 Å². The van der Waals surface area contributed by atoms with Gasteiger partial charge in [0.1, 0.15) is 6.04 Å². The van der Waals surface area contributed by atoms with Crippen LogP contribution in [0.4, 0.5) is 0 Å². The van der Waals surface area contributed by atoms with Crippen molar-refractivity contribution < 1.29 is 14.4 Å². The van der Waals surface area contributed by atoms with E-state index < -0.39 is 0 Å². The summed E-state index contributed by atoms with van der Waals surface area (Å²) in [5.74, 6) is -0.0669. The predicted octanol–water partition coefficient (Wildman–Crippen LogP) is 1.74. The highest BCUT2D eigenvalue weighted by Gasteiger charge is 2.40. The number of amides is 3. The summed E-state index contributed by atoms with van der Waals surface area (Å²) in [5, 5.41) is 3.04. The first-order chi connectivity index (χ1) is 13.6. The van der Waals surface area contributed by atoms with Crippen molar-refractivity contribution >= 4 is 17.7 Å². The summed E-state index contributed by atoms with van der Waals surface area (Å²) < 4.78 is 0. The summed E-state index contributed by atoms with van der Waals surface area (Å²) in [6, 6.07) is 9.70. The van der Waals surface area contributed by atoms with Crippen LogP contribution in [0.3, 0.4) is 0 Å². The third-order valence-electron chi connectivity index (χ3n) is 6.08. The lowest BCUT2D eigenvalue weighted by Crippen LogP contribution is -2.51. The van der Waals surface area contributed by atoms with Gasteiger partial charge in [-0.1, -0.05) is 30.3 Å². The number of hydrogen-bond acceptors (Lipinski definition) is 3. The molecule has 4 rings (SSSR count). The van der Waals surface area contributed by atoms with Crippen molar-refractivity contribution in [2.24, 2.45) is 5.92 Å².